The lowest BCUT2D eigenvalue weighted by atomic mass is 9.62. The second kappa shape index (κ2) is 8.00. The van der Waals surface area contributed by atoms with Gasteiger partial charge in [-0.3, -0.25) is 4.90 Å². The fourth-order valence-electron chi connectivity index (χ4n) is 4.95. The lowest BCUT2D eigenvalue weighted by Gasteiger charge is -2.62. The number of nitrogens with zero attached hydrogens (tertiary/aromatic N) is 2. The summed E-state index contributed by atoms with van der Waals surface area (Å²) in [5.74, 6) is 0. The van der Waals surface area contributed by atoms with E-state index in [9.17, 15) is 4.79 Å². The van der Waals surface area contributed by atoms with Crippen LogP contribution in [0.4, 0.5) is 10.5 Å². The molecule has 2 aromatic rings. The molecule has 1 unspecified atom stereocenters. The summed E-state index contributed by atoms with van der Waals surface area (Å²) in [6, 6.07) is 17.2. The number of nitrogens with one attached hydrogen (secondary N) is 1. The molecule has 0 saturated carbocycles. The van der Waals surface area contributed by atoms with Crippen LogP contribution in [-0.2, 0) is 0 Å². The SMILES string of the molecule is Cc1ccccc1NC(=O)N1CCC2(CC1)CN(C(C)C)C2c1ccc(Cl)cc1. The number of carbonyl (C=O) groups excluding carboxylic acids is 1. The smallest absolute Gasteiger partial charge is 0.321 e. The number of benzene rings is 2. The monoisotopic (exact) mass is 411 g/mol. The predicted molar refractivity (Wildman–Crippen MR) is 119 cm³/mol. The number of piperidine rings is 1. The zero-order valence-electron chi connectivity index (χ0n) is 17.5. The van der Waals surface area contributed by atoms with E-state index >= 15 is 0 Å². The van der Waals surface area contributed by atoms with Crippen molar-refractivity contribution in [2.24, 2.45) is 5.41 Å². The summed E-state index contributed by atoms with van der Waals surface area (Å²) in [4.78, 5) is 17.3. The molecule has 4 rings (SSSR count). The summed E-state index contributed by atoms with van der Waals surface area (Å²) < 4.78 is 0. The van der Waals surface area contributed by atoms with Crippen molar-refractivity contribution < 1.29 is 4.79 Å². The van der Waals surface area contributed by atoms with E-state index in [0.29, 0.717) is 12.1 Å². The molecule has 5 heteroatoms. The molecular formula is C24H30ClN3O. The minimum atomic E-state index is 0.0113. The van der Waals surface area contributed by atoms with Gasteiger partial charge in [0.1, 0.15) is 0 Å². The Bertz CT molecular complexity index is 872. The third kappa shape index (κ3) is 3.88. The molecule has 0 aromatic heterocycles. The Morgan fingerprint density at radius 3 is 2.38 bits per heavy atom. The zero-order valence-corrected chi connectivity index (χ0v) is 18.2. The van der Waals surface area contributed by atoms with Gasteiger partial charge < -0.3 is 10.2 Å². The van der Waals surface area contributed by atoms with Crippen molar-refractivity contribution in [3.63, 3.8) is 0 Å². The van der Waals surface area contributed by atoms with Crippen molar-refractivity contribution in [2.45, 2.75) is 45.7 Å². The summed E-state index contributed by atoms with van der Waals surface area (Å²) >= 11 is 6.12. The highest BCUT2D eigenvalue weighted by atomic mass is 35.5. The summed E-state index contributed by atoms with van der Waals surface area (Å²) in [5, 5.41) is 3.86. The van der Waals surface area contributed by atoms with Crippen LogP contribution < -0.4 is 5.32 Å². The van der Waals surface area contributed by atoms with E-state index in [1.165, 1.54) is 5.56 Å². The fourth-order valence-corrected chi connectivity index (χ4v) is 5.07. The molecule has 2 amide bonds. The van der Waals surface area contributed by atoms with Gasteiger partial charge in [0.2, 0.25) is 0 Å². The molecule has 1 N–H and O–H groups in total. The molecule has 1 spiro atoms. The highest BCUT2D eigenvalue weighted by Crippen LogP contribution is 2.55. The Balaban J connectivity index is 1.45. The van der Waals surface area contributed by atoms with Crippen molar-refractivity contribution in [3.05, 3.63) is 64.7 Å². The Kier molecular flexibility index (Phi) is 5.58. The quantitative estimate of drug-likeness (QED) is 0.700. The highest BCUT2D eigenvalue weighted by Gasteiger charge is 2.54. The number of urea groups is 1. The van der Waals surface area contributed by atoms with Gasteiger partial charge in [0.05, 0.1) is 0 Å². The van der Waals surface area contributed by atoms with Gasteiger partial charge in [-0.15, -0.1) is 0 Å². The van der Waals surface area contributed by atoms with Crippen molar-refractivity contribution in [1.29, 1.82) is 0 Å². The molecule has 2 aliphatic rings. The number of para-hydroxylation sites is 1. The van der Waals surface area contributed by atoms with Gasteiger partial charge in [0, 0.05) is 47.8 Å². The average molecular weight is 412 g/mol. The van der Waals surface area contributed by atoms with E-state index < -0.39 is 0 Å². The van der Waals surface area contributed by atoms with E-state index in [-0.39, 0.29) is 11.4 Å². The molecule has 2 heterocycles. The van der Waals surface area contributed by atoms with Gasteiger partial charge >= 0.3 is 6.03 Å². The van der Waals surface area contributed by atoms with E-state index in [1.54, 1.807) is 0 Å². The minimum absolute atomic E-state index is 0.0113. The van der Waals surface area contributed by atoms with Gasteiger partial charge in [-0.2, -0.15) is 0 Å². The Morgan fingerprint density at radius 1 is 1.10 bits per heavy atom. The summed E-state index contributed by atoms with van der Waals surface area (Å²) in [7, 11) is 0. The number of rotatable bonds is 3. The molecule has 2 saturated heterocycles. The number of amides is 2. The molecule has 2 aromatic carbocycles. The molecule has 154 valence electrons. The van der Waals surface area contributed by atoms with Crippen molar-refractivity contribution in [2.75, 3.05) is 25.0 Å². The zero-order chi connectivity index (χ0) is 20.6. The molecule has 2 fully saturated rings. The van der Waals surface area contributed by atoms with Crippen LogP contribution in [0.1, 0.15) is 43.9 Å². The normalized spacial score (nSPS) is 21.3. The van der Waals surface area contributed by atoms with Gasteiger partial charge in [-0.05, 0) is 62.9 Å². The summed E-state index contributed by atoms with van der Waals surface area (Å²) in [6.07, 6.45) is 2.06. The second-order valence-corrected chi connectivity index (χ2v) is 9.25. The molecular weight excluding hydrogens is 382 g/mol. The number of likely N-dealkylation sites (tertiary alicyclic amines) is 2. The van der Waals surface area contributed by atoms with Gasteiger partial charge in [0.15, 0.2) is 0 Å². The number of carbonyl (C=O) groups is 1. The van der Waals surface area contributed by atoms with Crippen LogP contribution in [0.5, 0.6) is 0 Å². The first-order chi connectivity index (χ1) is 13.9. The topological polar surface area (TPSA) is 35.6 Å². The molecule has 0 aliphatic carbocycles. The summed E-state index contributed by atoms with van der Waals surface area (Å²) in [5.41, 5.74) is 3.57. The van der Waals surface area contributed by atoms with Crippen molar-refractivity contribution in [3.8, 4) is 0 Å². The molecule has 29 heavy (non-hydrogen) atoms. The van der Waals surface area contributed by atoms with E-state index in [1.807, 2.05) is 48.2 Å². The van der Waals surface area contributed by atoms with Crippen LogP contribution in [0.25, 0.3) is 0 Å². The molecule has 2 aliphatic heterocycles. The van der Waals surface area contributed by atoms with Crippen LogP contribution in [-0.4, -0.2) is 41.5 Å². The van der Waals surface area contributed by atoms with Gasteiger partial charge in [-0.25, -0.2) is 4.79 Å². The predicted octanol–water partition coefficient (Wildman–Crippen LogP) is 5.73. The highest BCUT2D eigenvalue weighted by molar-refractivity contribution is 6.30. The van der Waals surface area contributed by atoms with E-state index in [4.69, 9.17) is 11.6 Å². The lowest BCUT2D eigenvalue weighted by molar-refractivity contribution is -0.123. The number of hydrogen-bond acceptors (Lipinski definition) is 2. The van der Waals surface area contributed by atoms with Crippen LogP contribution in [0, 0.1) is 12.3 Å². The molecule has 0 bridgehead atoms. The standard InChI is InChI=1S/C24H30ClN3O/c1-17(2)28-16-24(22(28)19-8-10-20(25)11-9-19)12-14-27(15-13-24)23(29)26-21-7-5-4-6-18(21)3/h4-11,17,22H,12-16H2,1-3H3,(H,26,29). The number of aryl methyl sites for hydroxylation is 1. The van der Waals surface area contributed by atoms with Crippen molar-refractivity contribution in [1.82, 2.24) is 9.80 Å². The maximum atomic E-state index is 12.8. The Hall–Kier alpha value is -2.04. The van der Waals surface area contributed by atoms with Crippen LogP contribution in [0.3, 0.4) is 0 Å². The van der Waals surface area contributed by atoms with E-state index in [2.05, 4.69) is 36.2 Å². The van der Waals surface area contributed by atoms with Crippen LogP contribution in [0.15, 0.2) is 48.5 Å². The maximum absolute atomic E-state index is 12.8. The fraction of sp³-hybridized carbons (Fsp3) is 0.458. The molecule has 4 nitrogen and oxygen atoms in total. The largest absolute Gasteiger partial charge is 0.324 e. The van der Waals surface area contributed by atoms with Crippen molar-refractivity contribution >= 4 is 23.3 Å². The lowest BCUT2D eigenvalue weighted by Crippen LogP contribution is -2.64. The van der Waals surface area contributed by atoms with Crippen LogP contribution >= 0.6 is 11.6 Å². The Labute approximate surface area is 178 Å². The third-order valence-corrected chi connectivity index (χ3v) is 6.94. The summed E-state index contributed by atoms with van der Waals surface area (Å²) in [6.45, 7) is 9.25. The van der Waals surface area contributed by atoms with Gasteiger partial charge in [0.25, 0.3) is 0 Å². The number of anilines is 1. The second-order valence-electron chi connectivity index (χ2n) is 8.81. The first-order valence-electron chi connectivity index (χ1n) is 10.5. The minimum Gasteiger partial charge on any atom is -0.324 e. The molecule has 1 atom stereocenters. The average Bonchev–Trinajstić information content (AvgIpc) is 2.70. The number of hydrogen-bond donors (Lipinski definition) is 1. The third-order valence-electron chi connectivity index (χ3n) is 6.69. The van der Waals surface area contributed by atoms with E-state index in [0.717, 1.165) is 48.7 Å². The van der Waals surface area contributed by atoms with Crippen LogP contribution in [0.2, 0.25) is 5.02 Å². The molecule has 0 radical (unpaired) electrons. The Morgan fingerprint density at radius 2 is 1.76 bits per heavy atom. The maximum Gasteiger partial charge on any atom is 0.321 e. The first kappa shape index (κ1) is 20.2. The first-order valence-corrected chi connectivity index (χ1v) is 10.9. The van der Waals surface area contributed by atoms with Gasteiger partial charge in [-0.1, -0.05) is 41.9 Å². The number of halogens is 1.